The van der Waals surface area contributed by atoms with Crippen molar-refractivity contribution >= 4 is 11.7 Å². The van der Waals surface area contributed by atoms with Crippen LogP contribution in [0.5, 0.6) is 0 Å². The Labute approximate surface area is 86.6 Å². The van der Waals surface area contributed by atoms with Crippen molar-refractivity contribution in [1.29, 1.82) is 0 Å². The Morgan fingerprint density at radius 1 is 1.71 bits per heavy atom. The van der Waals surface area contributed by atoms with Crippen molar-refractivity contribution in [2.24, 2.45) is 0 Å². The summed E-state index contributed by atoms with van der Waals surface area (Å²) < 4.78 is 13.4. The van der Waals surface area contributed by atoms with Gasteiger partial charge in [0.2, 0.25) is 0 Å². The third kappa shape index (κ3) is 2.27. The van der Waals surface area contributed by atoms with Gasteiger partial charge < -0.3 is 9.84 Å². The van der Waals surface area contributed by atoms with Gasteiger partial charge in [-0.2, -0.15) is 8.75 Å². The summed E-state index contributed by atoms with van der Waals surface area (Å²) in [6.45, 7) is 3.08. The van der Waals surface area contributed by atoms with Crippen molar-refractivity contribution in [3.63, 3.8) is 0 Å². The van der Waals surface area contributed by atoms with E-state index in [2.05, 4.69) is 13.6 Å². The molecule has 1 aliphatic heterocycles. The van der Waals surface area contributed by atoms with Gasteiger partial charge in [0, 0.05) is 13.1 Å². The Balaban J connectivity index is 1.94. The van der Waals surface area contributed by atoms with Crippen molar-refractivity contribution in [2.75, 3.05) is 26.4 Å². The van der Waals surface area contributed by atoms with E-state index >= 15 is 0 Å². The van der Waals surface area contributed by atoms with E-state index in [1.165, 1.54) is 11.7 Å². The Bertz CT molecular complexity index is 268. The number of morpholine rings is 1. The molecular weight excluding hydrogens is 202 g/mol. The van der Waals surface area contributed by atoms with E-state index in [0.717, 1.165) is 25.4 Å². The monoisotopic (exact) mass is 215 g/mol. The number of hydrogen-bond acceptors (Lipinski definition) is 6. The van der Waals surface area contributed by atoms with Crippen LogP contribution >= 0.6 is 11.7 Å². The fourth-order valence-electron chi connectivity index (χ4n) is 1.53. The van der Waals surface area contributed by atoms with Gasteiger partial charge in [0.05, 0.1) is 49.5 Å². The van der Waals surface area contributed by atoms with Crippen LogP contribution in [0.4, 0.5) is 0 Å². The molecule has 1 saturated heterocycles. The molecule has 1 fully saturated rings. The molecule has 1 aromatic rings. The van der Waals surface area contributed by atoms with Gasteiger partial charge in [0.25, 0.3) is 0 Å². The molecule has 0 radical (unpaired) electrons. The second-order valence-corrected chi connectivity index (χ2v) is 3.84. The lowest BCUT2D eigenvalue weighted by molar-refractivity contribution is -0.0316. The first-order valence-electron chi connectivity index (χ1n) is 4.59. The number of hydrogen-bond donors (Lipinski definition) is 1. The molecule has 1 unspecified atom stereocenters. The van der Waals surface area contributed by atoms with Gasteiger partial charge in [0.15, 0.2) is 0 Å². The van der Waals surface area contributed by atoms with E-state index in [0.29, 0.717) is 6.61 Å². The minimum absolute atomic E-state index is 0.102. The third-order valence-corrected chi connectivity index (χ3v) is 2.85. The standard InChI is InChI=1S/C8H13N3O2S/c12-5-8-6-13-2-1-11(8)4-7-3-9-14-10-7/h3,8,12H,1-2,4-6H2. The summed E-state index contributed by atoms with van der Waals surface area (Å²) in [5, 5.41) is 9.13. The van der Waals surface area contributed by atoms with E-state index in [4.69, 9.17) is 9.84 Å². The molecule has 1 atom stereocenters. The summed E-state index contributed by atoms with van der Waals surface area (Å²) >= 11 is 1.22. The van der Waals surface area contributed by atoms with E-state index in [1.54, 1.807) is 6.20 Å². The molecule has 2 rings (SSSR count). The van der Waals surface area contributed by atoms with Gasteiger partial charge in [-0.05, 0) is 0 Å². The fourth-order valence-corrected chi connectivity index (χ4v) is 1.95. The second kappa shape index (κ2) is 4.79. The molecule has 0 saturated carbocycles. The van der Waals surface area contributed by atoms with Crippen molar-refractivity contribution in [3.8, 4) is 0 Å². The maximum atomic E-state index is 9.13. The molecule has 0 aromatic carbocycles. The molecule has 6 heteroatoms. The Hall–Kier alpha value is -0.560. The van der Waals surface area contributed by atoms with Crippen LogP contribution in [-0.2, 0) is 11.3 Å². The molecule has 5 nitrogen and oxygen atoms in total. The fraction of sp³-hybridized carbons (Fsp3) is 0.750. The average Bonchev–Trinajstić information content (AvgIpc) is 2.71. The number of ether oxygens (including phenoxy) is 1. The van der Waals surface area contributed by atoms with E-state index in [9.17, 15) is 0 Å². The van der Waals surface area contributed by atoms with Crippen LogP contribution in [0.2, 0.25) is 0 Å². The van der Waals surface area contributed by atoms with E-state index < -0.39 is 0 Å². The number of nitrogens with zero attached hydrogens (tertiary/aromatic N) is 3. The zero-order chi connectivity index (χ0) is 9.80. The summed E-state index contributed by atoms with van der Waals surface area (Å²) in [5.74, 6) is 0. The molecule has 0 aliphatic carbocycles. The quantitative estimate of drug-likeness (QED) is 0.752. The third-order valence-electron chi connectivity index (χ3n) is 2.33. The van der Waals surface area contributed by atoms with Gasteiger partial charge in [0.1, 0.15) is 0 Å². The van der Waals surface area contributed by atoms with Crippen LogP contribution in [0.1, 0.15) is 5.69 Å². The lowest BCUT2D eigenvalue weighted by Gasteiger charge is -2.33. The van der Waals surface area contributed by atoms with Crippen molar-refractivity contribution in [3.05, 3.63) is 11.9 Å². The summed E-state index contributed by atoms with van der Waals surface area (Å²) in [6, 6.07) is 0.102. The molecule has 14 heavy (non-hydrogen) atoms. The highest BCUT2D eigenvalue weighted by atomic mass is 32.1. The normalized spacial score (nSPS) is 23.9. The summed E-state index contributed by atoms with van der Waals surface area (Å²) in [5.41, 5.74) is 0.968. The van der Waals surface area contributed by atoms with E-state index in [-0.39, 0.29) is 12.6 Å². The topological polar surface area (TPSA) is 58.5 Å². The Morgan fingerprint density at radius 3 is 3.36 bits per heavy atom. The molecule has 0 spiro atoms. The van der Waals surface area contributed by atoms with Crippen LogP contribution < -0.4 is 0 Å². The van der Waals surface area contributed by atoms with Crippen LogP contribution in [0.25, 0.3) is 0 Å². The highest BCUT2D eigenvalue weighted by Gasteiger charge is 2.22. The molecule has 1 aliphatic rings. The van der Waals surface area contributed by atoms with Crippen LogP contribution in [-0.4, -0.2) is 51.2 Å². The Morgan fingerprint density at radius 2 is 2.64 bits per heavy atom. The van der Waals surface area contributed by atoms with Crippen LogP contribution in [0.15, 0.2) is 6.20 Å². The van der Waals surface area contributed by atoms with Crippen molar-refractivity contribution in [2.45, 2.75) is 12.6 Å². The largest absolute Gasteiger partial charge is 0.395 e. The van der Waals surface area contributed by atoms with Crippen molar-refractivity contribution < 1.29 is 9.84 Å². The van der Waals surface area contributed by atoms with Gasteiger partial charge in [-0.15, -0.1) is 0 Å². The maximum absolute atomic E-state index is 9.13. The smallest absolute Gasteiger partial charge is 0.0883 e. The first kappa shape index (κ1) is 9.97. The van der Waals surface area contributed by atoms with E-state index in [1.807, 2.05) is 0 Å². The Kier molecular flexibility index (Phi) is 3.41. The predicted octanol–water partition coefficient (Wildman–Crippen LogP) is -0.269. The lowest BCUT2D eigenvalue weighted by atomic mass is 10.2. The zero-order valence-electron chi connectivity index (χ0n) is 7.80. The molecule has 1 aromatic heterocycles. The molecule has 78 valence electrons. The number of aliphatic hydroxyl groups excluding tert-OH is 1. The minimum atomic E-state index is 0.102. The highest BCUT2D eigenvalue weighted by Crippen LogP contribution is 2.10. The first-order valence-corrected chi connectivity index (χ1v) is 5.32. The van der Waals surface area contributed by atoms with Gasteiger partial charge in [-0.3, -0.25) is 4.90 Å². The van der Waals surface area contributed by atoms with Gasteiger partial charge in [-0.25, -0.2) is 0 Å². The van der Waals surface area contributed by atoms with Gasteiger partial charge >= 0.3 is 0 Å². The lowest BCUT2D eigenvalue weighted by Crippen LogP contribution is -2.46. The molecular formula is C8H13N3O2S. The number of aromatic nitrogens is 2. The molecule has 1 N–H and O–H groups in total. The minimum Gasteiger partial charge on any atom is -0.395 e. The van der Waals surface area contributed by atoms with Crippen molar-refractivity contribution in [1.82, 2.24) is 13.6 Å². The molecule has 2 heterocycles. The SMILES string of the molecule is OCC1COCCN1Cc1cnsn1. The number of rotatable bonds is 3. The van der Waals surface area contributed by atoms with Gasteiger partial charge in [-0.1, -0.05) is 0 Å². The predicted molar refractivity (Wildman–Crippen MR) is 52.0 cm³/mol. The van der Waals surface area contributed by atoms with Crippen LogP contribution in [0.3, 0.4) is 0 Å². The summed E-state index contributed by atoms with van der Waals surface area (Å²) in [6.07, 6.45) is 1.77. The summed E-state index contributed by atoms with van der Waals surface area (Å²) in [4.78, 5) is 2.18. The molecule has 0 amide bonds. The second-order valence-electron chi connectivity index (χ2n) is 3.28. The number of aliphatic hydroxyl groups is 1. The van der Waals surface area contributed by atoms with Crippen LogP contribution in [0, 0.1) is 0 Å². The maximum Gasteiger partial charge on any atom is 0.0883 e. The average molecular weight is 215 g/mol. The molecule has 0 bridgehead atoms. The zero-order valence-corrected chi connectivity index (χ0v) is 8.61. The first-order chi connectivity index (χ1) is 6.90. The highest BCUT2D eigenvalue weighted by molar-refractivity contribution is 6.99. The summed E-state index contributed by atoms with van der Waals surface area (Å²) in [7, 11) is 0.